The van der Waals surface area contributed by atoms with E-state index in [9.17, 15) is 14.7 Å². The van der Waals surface area contributed by atoms with Crippen molar-refractivity contribution in [3.63, 3.8) is 0 Å². The number of hydrogen-bond acceptors (Lipinski definition) is 5. The Labute approximate surface area is 234 Å². The van der Waals surface area contributed by atoms with Gasteiger partial charge in [-0.3, -0.25) is 9.59 Å². The number of benzene rings is 2. The molecule has 6 nitrogen and oxygen atoms in total. The Morgan fingerprint density at radius 1 is 0.821 bits per heavy atom. The third kappa shape index (κ3) is 12.3. The highest BCUT2D eigenvalue weighted by atomic mass is 16.5. The number of aliphatic carboxylic acids is 1. The average molecular weight is 537 g/mol. The monoisotopic (exact) mass is 536 g/mol. The number of ether oxygens (including phenoxy) is 1. The van der Waals surface area contributed by atoms with Crippen LogP contribution < -0.4 is 10.6 Å². The molecule has 2 aromatic rings. The molecule has 0 aromatic heterocycles. The smallest absolute Gasteiger partial charge is 0.323 e. The lowest BCUT2D eigenvalue weighted by atomic mass is 9.91. The van der Waals surface area contributed by atoms with Gasteiger partial charge in [-0.15, -0.1) is 0 Å². The van der Waals surface area contributed by atoms with Gasteiger partial charge in [-0.25, -0.2) is 0 Å². The number of carbonyl (C=O) groups excluding carboxylic acids is 1. The molecule has 1 unspecified atom stereocenters. The maximum absolute atomic E-state index is 12.0. The van der Waals surface area contributed by atoms with E-state index in [0.717, 1.165) is 23.2 Å². The predicted octanol–water partition coefficient (Wildman–Crippen LogP) is 6.28. The van der Waals surface area contributed by atoms with Crippen LogP contribution in [0, 0.1) is 5.92 Å². The molecule has 2 atom stereocenters. The topological polar surface area (TPSA) is 87.7 Å². The van der Waals surface area contributed by atoms with Gasteiger partial charge in [0.2, 0.25) is 0 Å². The van der Waals surface area contributed by atoms with Crippen LogP contribution in [0.15, 0.2) is 60.7 Å². The van der Waals surface area contributed by atoms with Gasteiger partial charge in [0.05, 0.1) is 5.92 Å². The number of esters is 1. The van der Waals surface area contributed by atoms with Crippen molar-refractivity contribution in [2.24, 2.45) is 5.92 Å². The molecule has 3 N–H and O–H groups in total. The van der Waals surface area contributed by atoms with Gasteiger partial charge in [-0.05, 0) is 56.6 Å². The molecule has 4 rings (SSSR count). The lowest BCUT2D eigenvalue weighted by Gasteiger charge is -2.30. The van der Waals surface area contributed by atoms with Crippen LogP contribution in [0.1, 0.15) is 88.7 Å². The van der Waals surface area contributed by atoms with Crippen molar-refractivity contribution in [1.82, 2.24) is 10.6 Å². The standard InChI is InChI=1S/C21H25NO4.C12H23N/c1-16(21(25)26-15-18-10-6-3-7-11-18)22-14-19(20(23)24)13-12-17-8-4-2-5-9-17;1-3-7-11(8-4-1)13-12-9-5-2-6-10-12/h2-11,16,19,22H,12-15H2,1H3,(H,23,24);11-13H,1-10H2/t16?,19-;/m1./s1. The fourth-order valence-corrected chi connectivity index (χ4v) is 5.43. The van der Waals surface area contributed by atoms with E-state index in [1.165, 1.54) is 64.2 Å². The van der Waals surface area contributed by atoms with E-state index >= 15 is 0 Å². The van der Waals surface area contributed by atoms with E-state index in [4.69, 9.17) is 4.74 Å². The minimum absolute atomic E-state index is 0.210. The summed E-state index contributed by atoms with van der Waals surface area (Å²) >= 11 is 0. The first kappa shape index (κ1) is 30.8. The lowest BCUT2D eigenvalue weighted by Crippen LogP contribution is -2.40. The maximum Gasteiger partial charge on any atom is 0.323 e. The van der Waals surface area contributed by atoms with Crippen molar-refractivity contribution < 1.29 is 19.4 Å². The second kappa shape index (κ2) is 17.8. The summed E-state index contributed by atoms with van der Waals surface area (Å²) in [7, 11) is 0. The van der Waals surface area contributed by atoms with Gasteiger partial charge in [-0.1, -0.05) is 99.2 Å². The van der Waals surface area contributed by atoms with Gasteiger partial charge in [0, 0.05) is 18.6 Å². The van der Waals surface area contributed by atoms with E-state index in [0.29, 0.717) is 12.8 Å². The normalized spacial score (nSPS) is 17.9. The summed E-state index contributed by atoms with van der Waals surface area (Å²) in [6.07, 6.45) is 15.8. The molecular formula is C33H48N2O4. The Hall–Kier alpha value is -2.70. The van der Waals surface area contributed by atoms with Crippen LogP contribution in [0.5, 0.6) is 0 Å². The molecule has 2 aliphatic carbocycles. The second-order valence-corrected chi connectivity index (χ2v) is 11.1. The van der Waals surface area contributed by atoms with Gasteiger partial charge >= 0.3 is 11.9 Å². The summed E-state index contributed by atoms with van der Waals surface area (Å²) in [6, 6.07) is 20.4. The highest BCUT2D eigenvalue weighted by Crippen LogP contribution is 2.22. The first-order valence-electron chi connectivity index (χ1n) is 15.0. The molecule has 2 aromatic carbocycles. The van der Waals surface area contributed by atoms with Crippen molar-refractivity contribution in [2.75, 3.05) is 6.54 Å². The molecule has 0 amide bonds. The van der Waals surface area contributed by atoms with E-state index in [-0.39, 0.29) is 19.1 Å². The number of carbonyl (C=O) groups is 2. The molecule has 2 saturated carbocycles. The van der Waals surface area contributed by atoms with Crippen molar-refractivity contribution in [1.29, 1.82) is 0 Å². The van der Waals surface area contributed by atoms with Gasteiger partial charge in [0.15, 0.2) is 0 Å². The van der Waals surface area contributed by atoms with Crippen molar-refractivity contribution in [3.8, 4) is 0 Å². The van der Waals surface area contributed by atoms with E-state index in [1.54, 1.807) is 6.92 Å². The van der Waals surface area contributed by atoms with Gasteiger partial charge in [0.1, 0.15) is 12.6 Å². The van der Waals surface area contributed by atoms with Crippen LogP contribution in [0.2, 0.25) is 0 Å². The Kier molecular flexibility index (Phi) is 14.1. The minimum atomic E-state index is -0.863. The summed E-state index contributed by atoms with van der Waals surface area (Å²) < 4.78 is 5.26. The Balaban J connectivity index is 0.000000268. The third-order valence-electron chi connectivity index (χ3n) is 7.90. The number of aryl methyl sites for hydroxylation is 1. The summed E-state index contributed by atoms with van der Waals surface area (Å²) in [6.45, 7) is 2.12. The minimum Gasteiger partial charge on any atom is -0.481 e. The highest BCUT2D eigenvalue weighted by Gasteiger charge is 2.21. The predicted molar refractivity (Wildman–Crippen MR) is 156 cm³/mol. The largest absolute Gasteiger partial charge is 0.481 e. The van der Waals surface area contributed by atoms with Crippen LogP contribution in [0.4, 0.5) is 0 Å². The number of hydrogen-bond donors (Lipinski definition) is 3. The molecule has 0 saturated heterocycles. The molecule has 2 aliphatic rings. The van der Waals surface area contributed by atoms with Gasteiger partial charge in [0.25, 0.3) is 0 Å². The van der Waals surface area contributed by atoms with Crippen LogP contribution >= 0.6 is 0 Å². The second-order valence-electron chi connectivity index (χ2n) is 11.1. The molecule has 214 valence electrons. The summed E-state index contributed by atoms with van der Waals surface area (Å²) in [5.41, 5.74) is 2.02. The molecule has 0 radical (unpaired) electrons. The molecule has 6 heteroatoms. The first-order chi connectivity index (χ1) is 19.0. The SMILES string of the molecule is C1CCC(NC2CCCCC2)CC1.CC(NC[C@@H](CCc1ccccc1)C(=O)O)C(=O)OCc1ccccc1. The number of carboxylic acid groups (broad SMARTS) is 1. The average Bonchev–Trinajstić information content (AvgIpc) is 2.98. The number of nitrogens with one attached hydrogen (secondary N) is 2. The molecule has 0 aliphatic heterocycles. The quantitative estimate of drug-likeness (QED) is 0.277. The molecule has 0 spiro atoms. The van der Waals surface area contributed by atoms with Crippen LogP contribution in [-0.4, -0.2) is 41.7 Å². The zero-order valence-corrected chi connectivity index (χ0v) is 23.7. The molecule has 39 heavy (non-hydrogen) atoms. The summed E-state index contributed by atoms with van der Waals surface area (Å²) in [5, 5.41) is 16.2. The van der Waals surface area contributed by atoms with E-state index in [2.05, 4.69) is 10.6 Å². The zero-order chi connectivity index (χ0) is 27.7. The first-order valence-corrected chi connectivity index (χ1v) is 15.0. The maximum atomic E-state index is 12.0. The molecule has 2 fully saturated rings. The number of rotatable bonds is 12. The molecular weight excluding hydrogens is 488 g/mol. The Morgan fingerprint density at radius 3 is 1.85 bits per heavy atom. The fraction of sp³-hybridized carbons (Fsp3) is 0.576. The van der Waals surface area contributed by atoms with Crippen LogP contribution in [0.3, 0.4) is 0 Å². The van der Waals surface area contributed by atoms with Crippen LogP contribution in [0.25, 0.3) is 0 Å². The van der Waals surface area contributed by atoms with E-state index < -0.39 is 17.9 Å². The lowest BCUT2D eigenvalue weighted by molar-refractivity contribution is -0.148. The highest BCUT2D eigenvalue weighted by molar-refractivity contribution is 5.75. The molecule has 0 heterocycles. The van der Waals surface area contributed by atoms with Gasteiger partial charge < -0.3 is 20.5 Å². The van der Waals surface area contributed by atoms with Crippen LogP contribution in [-0.2, 0) is 27.4 Å². The Morgan fingerprint density at radius 2 is 1.33 bits per heavy atom. The Bertz CT molecular complexity index is 925. The van der Waals surface area contributed by atoms with Crippen molar-refractivity contribution in [2.45, 2.75) is 109 Å². The molecule has 0 bridgehead atoms. The summed E-state index contributed by atoms with van der Waals surface area (Å²) in [4.78, 5) is 23.5. The van der Waals surface area contributed by atoms with Gasteiger partial charge in [-0.2, -0.15) is 0 Å². The van der Waals surface area contributed by atoms with E-state index in [1.807, 2.05) is 60.7 Å². The fourth-order valence-electron chi connectivity index (χ4n) is 5.43. The summed E-state index contributed by atoms with van der Waals surface area (Å²) in [5.74, 6) is -1.81. The van der Waals surface area contributed by atoms with Crippen molar-refractivity contribution in [3.05, 3.63) is 71.8 Å². The number of carboxylic acids is 1. The van der Waals surface area contributed by atoms with Crippen molar-refractivity contribution >= 4 is 11.9 Å². The zero-order valence-electron chi connectivity index (χ0n) is 23.7. The third-order valence-corrected chi connectivity index (χ3v) is 7.90.